The van der Waals surface area contributed by atoms with Gasteiger partial charge in [0.05, 0.1) is 40.1 Å². The Morgan fingerprint density at radius 3 is 2.48 bits per heavy atom. The molecular weight excluding hydrogens is 374 g/mol. The summed E-state index contributed by atoms with van der Waals surface area (Å²) in [7, 11) is 3.13. The number of nitrogens with zero attached hydrogens (tertiary/aromatic N) is 1. The Balaban J connectivity index is 1.94. The normalized spacial score (nSPS) is 19.0. The number of aliphatic hydroxyl groups excluding tert-OH is 1. The lowest BCUT2D eigenvalue weighted by atomic mass is 9.96. The minimum atomic E-state index is -0.534. The Labute approximate surface area is 170 Å². The molecule has 1 aliphatic heterocycles. The van der Waals surface area contributed by atoms with E-state index in [4.69, 9.17) is 18.9 Å². The van der Waals surface area contributed by atoms with Gasteiger partial charge in [0.1, 0.15) is 11.9 Å². The van der Waals surface area contributed by atoms with Crippen LogP contribution in [0, 0.1) is 0 Å². The van der Waals surface area contributed by atoms with Gasteiger partial charge in [-0.05, 0) is 48.9 Å². The number of aliphatic hydroxyl groups is 1. The first-order valence-corrected chi connectivity index (χ1v) is 9.61. The molecule has 1 heterocycles. The average molecular weight is 401 g/mol. The summed E-state index contributed by atoms with van der Waals surface area (Å²) in [4.78, 5) is 15.0. The van der Waals surface area contributed by atoms with Crippen molar-refractivity contribution in [2.45, 2.75) is 19.1 Å². The number of rotatable bonds is 7. The highest BCUT2D eigenvalue weighted by atomic mass is 16.5. The molecule has 0 bridgehead atoms. The molecule has 7 nitrogen and oxygen atoms in total. The molecule has 0 aromatic heterocycles. The molecule has 2 atom stereocenters. The van der Waals surface area contributed by atoms with E-state index in [-0.39, 0.29) is 12.5 Å². The van der Waals surface area contributed by atoms with Crippen molar-refractivity contribution in [3.8, 4) is 17.2 Å². The quantitative estimate of drug-likeness (QED) is 0.769. The highest BCUT2D eigenvalue weighted by Crippen LogP contribution is 2.36. The maximum Gasteiger partial charge on any atom is 0.254 e. The third-order valence-electron chi connectivity index (χ3n) is 4.95. The topological polar surface area (TPSA) is 77.5 Å². The van der Waals surface area contributed by atoms with E-state index in [1.54, 1.807) is 49.5 Å². The van der Waals surface area contributed by atoms with Crippen molar-refractivity contribution in [1.82, 2.24) is 4.90 Å². The van der Waals surface area contributed by atoms with Gasteiger partial charge in [-0.3, -0.25) is 4.79 Å². The number of hydrogen-bond acceptors (Lipinski definition) is 6. The Kier molecular flexibility index (Phi) is 6.95. The van der Waals surface area contributed by atoms with Gasteiger partial charge in [0, 0.05) is 12.1 Å². The van der Waals surface area contributed by atoms with Crippen LogP contribution in [0.2, 0.25) is 0 Å². The molecule has 0 aliphatic carbocycles. The highest BCUT2D eigenvalue weighted by molar-refractivity contribution is 5.94. The van der Waals surface area contributed by atoms with E-state index in [0.29, 0.717) is 36.8 Å². The molecule has 1 saturated heterocycles. The van der Waals surface area contributed by atoms with Crippen LogP contribution in [0.25, 0.3) is 0 Å². The first-order chi connectivity index (χ1) is 14.1. The summed E-state index contributed by atoms with van der Waals surface area (Å²) >= 11 is 0. The van der Waals surface area contributed by atoms with Crippen LogP contribution in [0.1, 0.15) is 28.9 Å². The van der Waals surface area contributed by atoms with Crippen molar-refractivity contribution < 1.29 is 28.8 Å². The average Bonchev–Trinajstić information content (AvgIpc) is 2.78. The van der Waals surface area contributed by atoms with E-state index in [1.807, 2.05) is 19.1 Å². The van der Waals surface area contributed by atoms with Crippen molar-refractivity contribution in [2.24, 2.45) is 0 Å². The summed E-state index contributed by atoms with van der Waals surface area (Å²) in [5, 5.41) is 9.88. The van der Waals surface area contributed by atoms with Gasteiger partial charge in [0.15, 0.2) is 11.5 Å². The molecule has 0 spiro atoms. The van der Waals surface area contributed by atoms with Crippen LogP contribution in [-0.4, -0.2) is 62.6 Å². The molecule has 2 aromatic carbocycles. The zero-order valence-corrected chi connectivity index (χ0v) is 17.0. The van der Waals surface area contributed by atoms with Crippen LogP contribution in [0.15, 0.2) is 42.5 Å². The number of ether oxygens (including phenoxy) is 4. The fourth-order valence-corrected chi connectivity index (χ4v) is 3.57. The molecule has 0 radical (unpaired) electrons. The summed E-state index contributed by atoms with van der Waals surface area (Å²) in [5.41, 5.74) is 1.36. The van der Waals surface area contributed by atoms with E-state index in [2.05, 4.69) is 0 Å². The van der Waals surface area contributed by atoms with Gasteiger partial charge < -0.3 is 29.0 Å². The lowest BCUT2D eigenvalue weighted by Gasteiger charge is -2.41. The molecule has 7 heteroatoms. The maximum absolute atomic E-state index is 13.3. The number of benzene rings is 2. The lowest BCUT2D eigenvalue weighted by Crippen LogP contribution is -2.49. The molecule has 3 rings (SSSR count). The summed E-state index contributed by atoms with van der Waals surface area (Å²) in [5.74, 6) is 1.74. The number of amides is 1. The standard InChI is InChI=1S/C22H27NO6/c1-4-28-17-8-5-15(6-9-17)22(25)23-11-12-29-20(14-24)21(23)16-7-10-18(26-2)19(13-16)27-3/h5-10,13,20-21,24H,4,11-12,14H2,1-3H3. The predicted molar refractivity (Wildman–Crippen MR) is 108 cm³/mol. The summed E-state index contributed by atoms with van der Waals surface area (Å²) < 4.78 is 21.9. The fourth-order valence-electron chi connectivity index (χ4n) is 3.57. The Bertz CT molecular complexity index is 823. The zero-order valence-electron chi connectivity index (χ0n) is 17.0. The number of carbonyl (C=O) groups excluding carboxylic acids is 1. The smallest absolute Gasteiger partial charge is 0.254 e. The molecule has 1 fully saturated rings. The van der Waals surface area contributed by atoms with Crippen molar-refractivity contribution in [3.63, 3.8) is 0 Å². The number of carbonyl (C=O) groups is 1. The van der Waals surface area contributed by atoms with Crippen LogP contribution in [0.4, 0.5) is 0 Å². The highest BCUT2D eigenvalue weighted by Gasteiger charge is 2.37. The molecule has 2 aromatic rings. The lowest BCUT2D eigenvalue weighted by molar-refractivity contribution is -0.0811. The third-order valence-corrected chi connectivity index (χ3v) is 4.95. The second kappa shape index (κ2) is 9.62. The van der Waals surface area contributed by atoms with Crippen molar-refractivity contribution >= 4 is 5.91 Å². The maximum atomic E-state index is 13.3. The zero-order chi connectivity index (χ0) is 20.8. The monoisotopic (exact) mass is 401 g/mol. The van der Waals surface area contributed by atoms with Gasteiger partial charge in [0.25, 0.3) is 5.91 Å². The van der Waals surface area contributed by atoms with E-state index < -0.39 is 12.1 Å². The Hall–Kier alpha value is -2.77. The van der Waals surface area contributed by atoms with E-state index in [9.17, 15) is 9.90 Å². The number of morpholine rings is 1. The van der Waals surface area contributed by atoms with Gasteiger partial charge in [-0.1, -0.05) is 6.07 Å². The number of methoxy groups -OCH3 is 2. The first-order valence-electron chi connectivity index (χ1n) is 9.61. The predicted octanol–water partition coefficient (Wildman–Crippen LogP) is 2.68. The van der Waals surface area contributed by atoms with Gasteiger partial charge in [-0.25, -0.2) is 0 Å². The summed E-state index contributed by atoms with van der Waals surface area (Å²) in [6.45, 7) is 3.05. The van der Waals surface area contributed by atoms with Gasteiger partial charge in [-0.2, -0.15) is 0 Å². The molecule has 156 valence electrons. The summed E-state index contributed by atoms with van der Waals surface area (Å²) in [6.07, 6.45) is -0.534. The third kappa shape index (κ3) is 4.46. The van der Waals surface area contributed by atoms with Crippen molar-refractivity contribution in [3.05, 3.63) is 53.6 Å². The largest absolute Gasteiger partial charge is 0.494 e. The minimum absolute atomic E-state index is 0.130. The molecule has 29 heavy (non-hydrogen) atoms. The van der Waals surface area contributed by atoms with Crippen LogP contribution in [0.5, 0.6) is 17.2 Å². The van der Waals surface area contributed by atoms with E-state index in [1.165, 1.54) is 0 Å². The van der Waals surface area contributed by atoms with E-state index in [0.717, 1.165) is 11.3 Å². The second-order valence-corrected chi connectivity index (χ2v) is 6.61. The van der Waals surface area contributed by atoms with Crippen LogP contribution >= 0.6 is 0 Å². The molecule has 2 unspecified atom stereocenters. The summed E-state index contributed by atoms with van der Waals surface area (Å²) in [6, 6.07) is 12.1. The Morgan fingerprint density at radius 2 is 1.86 bits per heavy atom. The van der Waals surface area contributed by atoms with Crippen LogP contribution in [0.3, 0.4) is 0 Å². The molecule has 0 saturated carbocycles. The molecule has 1 N–H and O–H groups in total. The van der Waals surface area contributed by atoms with Crippen LogP contribution in [-0.2, 0) is 4.74 Å². The van der Waals surface area contributed by atoms with Gasteiger partial charge in [0.2, 0.25) is 0 Å². The van der Waals surface area contributed by atoms with Crippen LogP contribution < -0.4 is 14.2 Å². The minimum Gasteiger partial charge on any atom is -0.494 e. The SMILES string of the molecule is CCOc1ccc(C(=O)N2CCOC(CO)C2c2ccc(OC)c(OC)c2)cc1. The number of hydrogen-bond donors (Lipinski definition) is 1. The first kappa shape index (κ1) is 21.0. The van der Waals surface area contributed by atoms with Crippen molar-refractivity contribution in [2.75, 3.05) is 40.6 Å². The van der Waals surface area contributed by atoms with Gasteiger partial charge in [-0.15, -0.1) is 0 Å². The fraction of sp³-hybridized carbons (Fsp3) is 0.409. The molecule has 1 aliphatic rings. The van der Waals surface area contributed by atoms with Crippen molar-refractivity contribution in [1.29, 1.82) is 0 Å². The van der Waals surface area contributed by atoms with Gasteiger partial charge >= 0.3 is 0 Å². The molecular formula is C22H27NO6. The second-order valence-electron chi connectivity index (χ2n) is 6.61. The Morgan fingerprint density at radius 1 is 1.14 bits per heavy atom. The van der Waals surface area contributed by atoms with E-state index >= 15 is 0 Å². The molecule has 1 amide bonds.